The molecule has 4 aliphatic rings. The second-order valence-electron chi connectivity index (χ2n) is 30.1. The first kappa shape index (κ1) is 86.9. The number of esters is 1. The Morgan fingerprint density at radius 3 is 1.80 bits per heavy atom. The van der Waals surface area contributed by atoms with E-state index in [0.29, 0.717) is 112 Å². The molecule has 118 heavy (non-hydrogen) atoms. The number of aryl methyl sites for hydroxylation is 4. The van der Waals surface area contributed by atoms with Gasteiger partial charge in [0, 0.05) is 148 Å². The van der Waals surface area contributed by atoms with Gasteiger partial charge in [-0.25, -0.2) is 4.79 Å². The molecule has 0 spiro atoms. The van der Waals surface area contributed by atoms with Crippen LogP contribution in [0.25, 0.3) is 43.4 Å². The number of phenolic OH excluding ortho intramolecular Hbond substituents is 6. The van der Waals surface area contributed by atoms with Gasteiger partial charge in [-0.15, -0.1) is 0 Å². The van der Waals surface area contributed by atoms with Crippen LogP contribution in [0.4, 0.5) is 17.1 Å². The molecule has 3 amide bonds. The Kier molecular flexibility index (Phi) is 27.9. The number of aliphatic hydroxyl groups is 1. The number of ketones is 1. The molecule has 0 saturated carbocycles. The molecule has 15 N–H and O–H groups in total. The number of aromatic hydroxyl groups is 6. The molecule has 14 rings (SSSR count). The summed E-state index contributed by atoms with van der Waals surface area (Å²) in [5, 5.41) is 87.2. The van der Waals surface area contributed by atoms with Crippen molar-refractivity contribution in [1.82, 2.24) is 24.5 Å². The molecule has 1 aliphatic carbocycles. The number of piperidine rings is 1. The number of carbonyl (C=O) groups is 5. The second-order valence-corrected chi connectivity index (χ2v) is 30.8. The first-order valence-electron chi connectivity index (χ1n) is 39.4. The number of aromatic nitrogens is 2. The number of methoxy groups -OCH3 is 1. The largest absolute Gasteiger partial charge is 0.507 e. The average Bonchev–Trinajstić information content (AvgIpc) is 1.53. The standard InChI is InChI=1S/C45H60N4O7.C16H19N5O4S.C15H9NO4.C13H15NO2/c1-26(2)34-30-22-28(5)36(42(52)38(30)32(40(50)44(34)54)24-46-12-10-16-48-14-8-7-9-15-48)37-29(6)23-31-35(27(3)4)45(55)41(51)33(39(31)43(37)53)25-47-13-11-17-49-18-20-56-21-19-49;1-25-8-7-19-11(22)9-21(10-5-3-2-4-6-10)16(24)14-12(17)13(15(18)23)20-26-14;16-10-6-5-8-12-11(10)14(18)20-15(12,19)9-4-2-1-3-7(9)13(8)17;1-4-16-11-7-5-6-10(15)12-8(2)14-9(3)13(11)12/h22-27,50-55H,7-21H2,1-6H3;2-6H,7-9,17H2,1H3,(H2,18,23)(H,19,22);1-6,19H,16H2;5-7,14H,4H2,1-3H3. The molecule has 10 aromatic rings. The van der Waals surface area contributed by atoms with E-state index in [2.05, 4.69) is 34.5 Å². The van der Waals surface area contributed by atoms with Crippen molar-refractivity contribution >= 4 is 103 Å². The van der Waals surface area contributed by atoms with Crippen molar-refractivity contribution in [1.29, 1.82) is 0 Å². The summed E-state index contributed by atoms with van der Waals surface area (Å²) < 4.78 is 24.9. The van der Waals surface area contributed by atoms with Crippen molar-refractivity contribution in [2.24, 2.45) is 15.7 Å². The number of morpholine rings is 1. The minimum atomic E-state index is -1.93. The first-order chi connectivity index (χ1) is 56.5. The maximum atomic E-state index is 12.9. The van der Waals surface area contributed by atoms with Crippen molar-refractivity contribution in [3.63, 3.8) is 0 Å². The van der Waals surface area contributed by atoms with Gasteiger partial charge in [0.1, 0.15) is 28.7 Å². The lowest BCUT2D eigenvalue weighted by Crippen LogP contribution is -2.41. The number of para-hydroxylation sites is 1. The van der Waals surface area contributed by atoms with Crippen molar-refractivity contribution in [2.45, 2.75) is 112 Å². The zero-order valence-electron chi connectivity index (χ0n) is 68.0. The minimum Gasteiger partial charge on any atom is -0.507 e. The molecule has 2 aromatic heterocycles. The van der Waals surface area contributed by atoms with E-state index in [1.165, 1.54) is 55.8 Å². The summed E-state index contributed by atoms with van der Waals surface area (Å²) in [5.41, 5.74) is 23.6. The van der Waals surface area contributed by atoms with Gasteiger partial charge in [0.05, 0.1) is 48.6 Å². The Labute approximate surface area is 687 Å². The highest BCUT2D eigenvalue weighted by molar-refractivity contribution is 7.09. The minimum absolute atomic E-state index is 0.0304. The number of phenols is 6. The number of aliphatic imine (C=N–C) groups is 2. The van der Waals surface area contributed by atoms with Crippen LogP contribution in [-0.4, -0.2) is 196 Å². The molecule has 2 saturated heterocycles. The van der Waals surface area contributed by atoms with E-state index in [1.54, 1.807) is 66.7 Å². The van der Waals surface area contributed by atoms with Gasteiger partial charge >= 0.3 is 5.97 Å². The number of likely N-dealkylation sites (tertiary alicyclic amines) is 1. The Hall–Kier alpha value is -12.0. The number of anilines is 3. The van der Waals surface area contributed by atoms with Gasteiger partial charge in [0.2, 0.25) is 5.91 Å². The predicted molar refractivity (Wildman–Crippen MR) is 459 cm³/mol. The molecular weight excluding hydrogens is 1530 g/mol. The molecule has 5 heterocycles. The summed E-state index contributed by atoms with van der Waals surface area (Å²) in [6, 6.07) is 27.1. The number of nitrogens with one attached hydrogen (secondary N) is 2. The smallest absolute Gasteiger partial charge is 0.343 e. The normalized spacial score (nSPS) is 15.2. The molecular formula is C89H103N11O17S. The number of nitrogen functional groups attached to an aromatic ring is 2. The lowest BCUT2D eigenvalue weighted by atomic mass is 9.79. The third-order valence-electron chi connectivity index (χ3n) is 21.4. The van der Waals surface area contributed by atoms with Crippen LogP contribution in [0.15, 0.2) is 112 Å². The molecule has 0 radical (unpaired) electrons. The van der Waals surface area contributed by atoms with Crippen LogP contribution in [0.3, 0.4) is 0 Å². The number of amides is 3. The molecule has 2 fully saturated rings. The highest BCUT2D eigenvalue weighted by atomic mass is 32.1. The third kappa shape index (κ3) is 17.9. The number of primary amides is 1. The Balaban J connectivity index is 0.000000179. The van der Waals surface area contributed by atoms with Crippen molar-refractivity contribution in [3.05, 3.63) is 190 Å². The van der Waals surface area contributed by atoms with E-state index in [1.807, 2.05) is 80.5 Å². The topological polar surface area (TPSA) is 434 Å². The van der Waals surface area contributed by atoms with Crippen LogP contribution in [0.1, 0.15) is 181 Å². The Morgan fingerprint density at radius 1 is 0.686 bits per heavy atom. The number of hydrogen-bond donors (Lipinski definition) is 12. The predicted octanol–water partition coefficient (Wildman–Crippen LogP) is 12.1. The SMILES string of the molecule is CCOc1cccc(=O)c2c(C)[nH]c(C)c12.COCCNC(=O)CN(C(=O)c1snc(C(N)=O)c1N)c1ccccc1.Cc1cc2c(C(C)C)c(O)c(O)c(C=NCCCN3CCCCC3)c2c(O)c1-c1c(C)cc2c(C(C)C)c(O)c(O)c(C=NCCCN3CCOCC3)c2c1O.Nc1ccc2c3c1C(=O)OC3(O)c1ccccc1C2=O. The number of ether oxygens (including phenoxy) is 4. The zero-order valence-corrected chi connectivity index (χ0v) is 68.8. The quantitative estimate of drug-likeness (QED) is 0.00930. The van der Waals surface area contributed by atoms with Crippen molar-refractivity contribution in [3.8, 4) is 51.4 Å². The van der Waals surface area contributed by atoms with Gasteiger partial charge in [0.15, 0.2) is 39.9 Å². The fourth-order valence-corrected chi connectivity index (χ4v) is 16.6. The summed E-state index contributed by atoms with van der Waals surface area (Å²) in [6.45, 7) is 26.4. The average molecular weight is 1630 g/mol. The maximum Gasteiger partial charge on any atom is 0.343 e. The van der Waals surface area contributed by atoms with Gasteiger partial charge < -0.3 is 87.1 Å². The molecule has 28 nitrogen and oxygen atoms in total. The van der Waals surface area contributed by atoms with Crippen LogP contribution in [0.2, 0.25) is 0 Å². The molecule has 1 unspecified atom stereocenters. The van der Waals surface area contributed by atoms with E-state index >= 15 is 0 Å². The van der Waals surface area contributed by atoms with Gasteiger partial charge in [-0.2, -0.15) is 4.37 Å². The number of benzene rings is 7. The summed E-state index contributed by atoms with van der Waals surface area (Å²) >= 11 is 0.765. The number of nitrogens with two attached hydrogens (primary N) is 3. The summed E-state index contributed by atoms with van der Waals surface area (Å²) in [5.74, 6) is -5.83. The van der Waals surface area contributed by atoms with Crippen LogP contribution in [0, 0.1) is 27.7 Å². The van der Waals surface area contributed by atoms with Crippen molar-refractivity contribution in [2.75, 3.05) is 115 Å². The number of hydrogen-bond acceptors (Lipinski definition) is 25. The molecule has 622 valence electrons. The van der Waals surface area contributed by atoms with E-state index in [-0.39, 0.29) is 125 Å². The number of aromatic amines is 1. The first-order valence-corrected chi connectivity index (χ1v) is 40.2. The van der Waals surface area contributed by atoms with Crippen LogP contribution in [0.5, 0.6) is 40.2 Å². The molecule has 1 atom stereocenters. The van der Waals surface area contributed by atoms with Crippen LogP contribution >= 0.6 is 11.5 Å². The number of nitrogens with zero attached hydrogens (tertiary/aromatic N) is 6. The number of H-pyrrole nitrogens is 1. The molecule has 0 bridgehead atoms. The summed E-state index contributed by atoms with van der Waals surface area (Å²) in [6.07, 6.45) is 8.38. The Bertz CT molecular complexity index is 5440. The third-order valence-corrected chi connectivity index (χ3v) is 22.2. The van der Waals surface area contributed by atoms with Crippen LogP contribution in [-0.2, 0) is 24.8 Å². The van der Waals surface area contributed by atoms with Gasteiger partial charge in [0.25, 0.3) is 17.6 Å². The van der Waals surface area contributed by atoms with E-state index in [0.717, 1.165) is 91.6 Å². The van der Waals surface area contributed by atoms with Crippen LogP contribution < -0.4 is 37.6 Å². The maximum absolute atomic E-state index is 12.9. The van der Waals surface area contributed by atoms with Gasteiger partial charge in [-0.3, -0.25) is 43.8 Å². The van der Waals surface area contributed by atoms with E-state index < -0.39 is 23.6 Å². The van der Waals surface area contributed by atoms with Gasteiger partial charge in [-0.05, 0) is 162 Å². The molecule has 3 aliphatic heterocycles. The highest BCUT2D eigenvalue weighted by Crippen LogP contribution is 2.55. The number of carbonyl (C=O) groups excluding carboxylic acids is 5. The number of rotatable bonds is 23. The molecule has 8 aromatic carbocycles. The van der Waals surface area contributed by atoms with E-state index in [4.69, 9.17) is 36.1 Å². The molecule has 29 heteroatoms. The fourth-order valence-electron chi connectivity index (χ4n) is 15.8. The highest BCUT2D eigenvalue weighted by Gasteiger charge is 2.54. The Morgan fingerprint density at radius 2 is 1.25 bits per heavy atom. The summed E-state index contributed by atoms with van der Waals surface area (Å²) in [7, 11) is 1.52. The zero-order chi connectivity index (χ0) is 85.1. The summed E-state index contributed by atoms with van der Waals surface area (Å²) in [4.78, 5) is 91.3. The monoisotopic (exact) mass is 1630 g/mol. The van der Waals surface area contributed by atoms with Gasteiger partial charge in [-0.1, -0.05) is 94.8 Å². The number of fused-ring (bicyclic) bond motifs is 5. The second kappa shape index (κ2) is 38.0. The lowest BCUT2D eigenvalue weighted by molar-refractivity contribution is -0.130. The fraction of sp³-hybridized carbons (Fsp3) is 0.360. The lowest BCUT2D eigenvalue weighted by Gasteiger charge is -2.30. The van der Waals surface area contributed by atoms with E-state index in [9.17, 15) is 64.5 Å². The van der Waals surface area contributed by atoms with Crippen molar-refractivity contribution < 1.29 is 78.7 Å².